The minimum Gasteiger partial charge on any atom is -0.489 e. The summed E-state index contributed by atoms with van der Waals surface area (Å²) in [5.74, 6) is 0.731. The number of nitrogens with zero attached hydrogens (tertiary/aromatic N) is 2. The van der Waals surface area contributed by atoms with Crippen molar-refractivity contribution in [1.82, 2.24) is 4.98 Å². The van der Waals surface area contributed by atoms with Gasteiger partial charge < -0.3 is 9.84 Å². The van der Waals surface area contributed by atoms with Crippen LogP contribution in [0.25, 0.3) is 0 Å². The van der Waals surface area contributed by atoms with Crippen molar-refractivity contribution in [1.29, 1.82) is 5.26 Å². The van der Waals surface area contributed by atoms with Gasteiger partial charge in [0.25, 0.3) is 0 Å². The van der Waals surface area contributed by atoms with Crippen LogP contribution in [0, 0.1) is 11.3 Å². The largest absolute Gasteiger partial charge is 0.489 e. The SMILES string of the molecule is N#Cc1ncccc1COc1ccc(CCO)cc1. The van der Waals surface area contributed by atoms with Crippen molar-refractivity contribution in [2.24, 2.45) is 0 Å². The number of pyridine rings is 1. The first-order chi connectivity index (χ1) is 9.33. The average Bonchev–Trinajstić information content (AvgIpc) is 2.47. The van der Waals surface area contributed by atoms with Crippen LogP contribution in [0.15, 0.2) is 42.6 Å². The lowest BCUT2D eigenvalue weighted by Crippen LogP contribution is -2.00. The highest BCUT2D eigenvalue weighted by atomic mass is 16.5. The molecule has 1 aromatic carbocycles. The molecule has 96 valence electrons. The minimum atomic E-state index is 0.140. The van der Waals surface area contributed by atoms with Gasteiger partial charge in [0.1, 0.15) is 24.1 Å². The van der Waals surface area contributed by atoms with Gasteiger partial charge in [-0.15, -0.1) is 0 Å². The fourth-order valence-electron chi connectivity index (χ4n) is 1.70. The number of rotatable bonds is 5. The Morgan fingerprint density at radius 2 is 2.00 bits per heavy atom. The average molecular weight is 254 g/mol. The number of hydrogen-bond donors (Lipinski definition) is 1. The van der Waals surface area contributed by atoms with E-state index in [1.807, 2.05) is 36.4 Å². The van der Waals surface area contributed by atoms with E-state index in [1.54, 1.807) is 12.3 Å². The molecule has 0 radical (unpaired) electrons. The van der Waals surface area contributed by atoms with Crippen molar-refractivity contribution in [3.63, 3.8) is 0 Å². The first kappa shape index (κ1) is 13.1. The lowest BCUT2D eigenvalue weighted by molar-refractivity contribution is 0.298. The predicted molar refractivity (Wildman–Crippen MR) is 70.5 cm³/mol. The Morgan fingerprint density at radius 1 is 1.21 bits per heavy atom. The van der Waals surface area contributed by atoms with Crippen LogP contribution in [-0.2, 0) is 13.0 Å². The van der Waals surface area contributed by atoms with E-state index in [0.717, 1.165) is 16.9 Å². The van der Waals surface area contributed by atoms with Crippen molar-refractivity contribution in [2.75, 3.05) is 6.61 Å². The number of aromatic nitrogens is 1. The van der Waals surface area contributed by atoms with E-state index < -0.39 is 0 Å². The van der Waals surface area contributed by atoms with Crippen LogP contribution in [0.5, 0.6) is 5.75 Å². The molecule has 0 amide bonds. The summed E-state index contributed by atoms with van der Waals surface area (Å²) in [6.45, 7) is 0.456. The molecular weight excluding hydrogens is 240 g/mol. The molecule has 0 fully saturated rings. The fourth-order valence-corrected chi connectivity index (χ4v) is 1.70. The molecule has 1 aromatic heterocycles. The molecule has 0 aliphatic heterocycles. The zero-order valence-corrected chi connectivity index (χ0v) is 10.4. The predicted octanol–water partition coefficient (Wildman–Crippen LogP) is 2.07. The van der Waals surface area contributed by atoms with Gasteiger partial charge >= 0.3 is 0 Å². The number of hydrogen-bond acceptors (Lipinski definition) is 4. The monoisotopic (exact) mass is 254 g/mol. The van der Waals surface area contributed by atoms with E-state index in [1.165, 1.54) is 0 Å². The molecule has 4 nitrogen and oxygen atoms in total. The highest BCUT2D eigenvalue weighted by Gasteiger charge is 2.03. The normalized spacial score (nSPS) is 9.89. The molecule has 0 aliphatic carbocycles. The number of nitriles is 1. The maximum Gasteiger partial charge on any atom is 0.147 e. The molecule has 4 heteroatoms. The number of aliphatic hydroxyl groups is 1. The van der Waals surface area contributed by atoms with Crippen LogP contribution in [0.3, 0.4) is 0 Å². The second-order valence-corrected chi connectivity index (χ2v) is 4.03. The molecule has 0 spiro atoms. The van der Waals surface area contributed by atoms with Crippen LogP contribution in [-0.4, -0.2) is 16.7 Å². The standard InChI is InChI=1S/C15H14N2O2/c16-10-15-13(2-1-8-17-15)11-19-14-5-3-12(4-6-14)7-9-18/h1-6,8,18H,7,9,11H2. The molecule has 1 N–H and O–H groups in total. The third-order valence-corrected chi connectivity index (χ3v) is 2.72. The highest BCUT2D eigenvalue weighted by Crippen LogP contribution is 2.15. The molecule has 0 unspecified atom stereocenters. The molecular formula is C15H14N2O2. The van der Waals surface area contributed by atoms with Crippen LogP contribution < -0.4 is 4.74 Å². The van der Waals surface area contributed by atoms with Crippen LogP contribution in [0.1, 0.15) is 16.8 Å². The minimum absolute atomic E-state index is 0.140. The Balaban J connectivity index is 2.00. The van der Waals surface area contributed by atoms with Crippen molar-refractivity contribution in [2.45, 2.75) is 13.0 Å². The van der Waals surface area contributed by atoms with E-state index in [9.17, 15) is 0 Å². The molecule has 2 rings (SSSR count). The summed E-state index contributed by atoms with van der Waals surface area (Å²) in [5.41, 5.74) is 2.22. The van der Waals surface area contributed by atoms with Gasteiger partial charge in [-0.2, -0.15) is 5.26 Å². The van der Waals surface area contributed by atoms with Gasteiger partial charge in [-0.25, -0.2) is 4.98 Å². The van der Waals surface area contributed by atoms with Gasteiger partial charge in [0.2, 0.25) is 0 Å². The number of aliphatic hydroxyl groups excluding tert-OH is 1. The molecule has 0 bridgehead atoms. The lowest BCUT2D eigenvalue weighted by atomic mass is 10.1. The van der Waals surface area contributed by atoms with Crippen molar-refractivity contribution in [3.05, 3.63) is 59.4 Å². The zero-order chi connectivity index (χ0) is 13.5. The van der Waals surface area contributed by atoms with E-state index in [0.29, 0.717) is 18.7 Å². The summed E-state index contributed by atoms with van der Waals surface area (Å²) in [4.78, 5) is 3.98. The molecule has 0 saturated heterocycles. The van der Waals surface area contributed by atoms with Gasteiger partial charge in [-0.05, 0) is 30.2 Å². The molecule has 1 heterocycles. The lowest BCUT2D eigenvalue weighted by Gasteiger charge is -2.07. The van der Waals surface area contributed by atoms with Gasteiger partial charge in [0, 0.05) is 18.4 Å². The van der Waals surface area contributed by atoms with Gasteiger partial charge in [0.05, 0.1) is 0 Å². The highest BCUT2D eigenvalue weighted by molar-refractivity contribution is 5.31. The Morgan fingerprint density at radius 3 is 2.68 bits per heavy atom. The summed E-state index contributed by atoms with van der Waals surface area (Å²) in [6, 6.07) is 13.2. The zero-order valence-electron chi connectivity index (χ0n) is 10.4. The summed E-state index contributed by atoms with van der Waals surface area (Å²) >= 11 is 0. The van der Waals surface area contributed by atoms with Gasteiger partial charge in [0.15, 0.2) is 0 Å². The van der Waals surface area contributed by atoms with Gasteiger partial charge in [-0.3, -0.25) is 0 Å². The van der Waals surface area contributed by atoms with Crippen LogP contribution in [0.2, 0.25) is 0 Å². The van der Waals surface area contributed by atoms with Gasteiger partial charge in [-0.1, -0.05) is 18.2 Å². The smallest absolute Gasteiger partial charge is 0.147 e. The third kappa shape index (κ3) is 3.54. The molecule has 0 atom stereocenters. The van der Waals surface area contributed by atoms with Crippen molar-refractivity contribution < 1.29 is 9.84 Å². The van der Waals surface area contributed by atoms with E-state index in [2.05, 4.69) is 4.98 Å². The summed E-state index contributed by atoms with van der Waals surface area (Å²) in [5, 5.41) is 17.7. The Labute approximate surface area is 111 Å². The topological polar surface area (TPSA) is 66.1 Å². The van der Waals surface area contributed by atoms with Crippen molar-refractivity contribution >= 4 is 0 Å². The van der Waals surface area contributed by atoms with Crippen LogP contribution >= 0.6 is 0 Å². The van der Waals surface area contributed by atoms with E-state index in [-0.39, 0.29) is 6.61 Å². The quantitative estimate of drug-likeness (QED) is 0.887. The number of benzene rings is 1. The maximum absolute atomic E-state index is 8.92. The first-order valence-corrected chi connectivity index (χ1v) is 6.00. The molecule has 19 heavy (non-hydrogen) atoms. The molecule has 0 aliphatic rings. The van der Waals surface area contributed by atoms with E-state index >= 15 is 0 Å². The fraction of sp³-hybridized carbons (Fsp3) is 0.200. The summed E-state index contributed by atoms with van der Waals surface area (Å²) in [6.07, 6.45) is 2.23. The summed E-state index contributed by atoms with van der Waals surface area (Å²) in [7, 11) is 0. The first-order valence-electron chi connectivity index (χ1n) is 6.00. The Hall–Kier alpha value is -2.38. The Bertz CT molecular complexity index is 573. The van der Waals surface area contributed by atoms with Crippen LogP contribution in [0.4, 0.5) is 0 Å². The van der Waals surface area contributed by atoms with Crippen molar-refractivity contribution in [3.8, 4) is 11.8 Å². The molecule has 2 aromatic rings. The molecule has 0 saturated carbocycles. The van der Waals surface area contributed by atoms with E-state index in [4.69, 9.17) is 15.1 Å². The summed E-state index contributed by atoms with van der Waals surface area (Å²) < 4.78 is 5.61. The maximum atomic E-state index is 8.92. The second-order valence-electron chi connectivity index (χ2n) is 4.03. The third-order valence-electron chi connectivity index (χ3n) is 2.72. The number of ether oxygens (including phenoxy) is 1. The Kier molecular flexibility index (Phi) is 4.49. The second kappa shape index (κ2) is 6.53.